The summed E-state index contributed by atoms with van der Waals surface area (Å²) in [5.41, 5.74) is 5.54. The molecule has 2 N–H and O–H groups in total. The van der Waals surface area contributed by atoms with Crippen molar-refractivity contribution < 1.29 is 21.6 Å². The lowest BCUT2D eigenvalue weighted by Crippen LogP contribution is -2.36. The van der Waals surface area contributed by atoms with Gasteiger partial charge in [0.25, 0.3) is 0 Å². The Morgan fingerprint density at radius 2 is 1.90 bits per heavy atom. The summed E-state index contributed by atoms with van der Waals surface area (Å²) in [6.45, 7) is -1.59. The van der Waals surface area contributed by atoms with Gasteiger partial charge < -0.3 is 5.73 Å². The van der Waals surface area contributed by atoms with Crippen LogP contribution >= 0.6 is 11.3 Å². The number of rotatable bonds is 4. The van der Waals surface area contributed by atoms with Gasteiger partial charge in [-0.1, -0.05) is 18.2 Å². The van der Waals surface area contributed by atoms with E-state index >= 15 is 0 Å². The Kier molecular flexibility index (Phi) is 4.29. The molecule has 9 heteroatoms. The molecule has 1 aromatic carbocycles. The van der Waals surface area contributed by atoms with Crippen LogP contribution in [-0.2, 0) is 16.6 Å². The highest BCUT2D eigenvalue weighted by molar-refractivity contribution is 7.89. The molecule has 4 nitrogen and oxygen atoms in total. The number of hydrogen-bond donors (Lipinski definition) is 1. The first kappa shape index (κ1) is 16.2. The van der Waals surface area contributed by atoms with Gasteiger partial charge in [-0.25, -0.2) is 8.42 Å². The minimum absolute atomic E-state index is 0.0478. The molecular weight excluding hydrogens is 325 g/mol. The van der Waals surface area contributed by atoms with Crippen LogP contribution < -0.4 is 5.73 Å². The molecule has 0 aliphatic heterocycles. The van der Waals surface area contributed by atoms with Crippen molar-refractivity contribution >= 4 is 31.4 Å². The van der Waals surface area contributed by atoms with E-state index in [9.17, 15) is 21.6 Å². The molecule has 0 atom stereocenters. The summed E-state index contributed by atoms with van der Waals surface area (Å²) in [6.07, 6.45) is -4.60. The molecule has 0 aliphatic rings. The van der Waals surface area contributed by atoms with Crippen molar-refractivity contribution in [1.82, 2.24) is 4.31 Å². The van der Waals surface area contributed by atoms with Crippen LogP contribution in [0.2, 0.25) is 0 Å². The lowest BCUT2D eigenvalue weighted by atomic mass is 10.2. The smallest absolute Gasteiger partial charge is 0.326 e. The summed E-state index contributed by atoms with van der Waals surface area (Å²) in [5, 5.41) is 0.400. The maximum Gasteiger partial charge on any atom is 0.402 e. The Labute approximate surface area is 124 Å². The number of hydrogen-bond acceptors (Lipinski definition) is 4. The lowest BCUT2D eigenvalue weighted by Gasteiger charge is -2.19. The molecule has 2 rings (SSSR count). The Morgan fingerprint density at radius 3 is 2.48 bits per heavy atom. The van der Waals surface area contributed by atoms with Crippen molar-refractivity contribution in [2.24, 2.45) is 5.73 Å². The molecule has 21 heavy (non-hydrogen) atoms. The molecule has 2 aromatic rings. The van der Waals surface area contributed by atoms with E-state index in [1.807, 2.05) is 0 Å². The number of halogens is 3. The standard InChI is InChI=1S/C12H13F3N2O2S2/c1-17(7-12(13,14)15)21(18,19)11-8-4-2-3-5-9(8)20-10(11)6-16/h2-5H,6-7,16H2,1H3. The lowest BCUT2D eigenvalue weighted by molar-refractivity contribution is -0.134. The van der Waals surface area contributed by atoms with E-state index in [-0.39, 0.29) is 11.4 Å². The van der Waals surface area contributed by atoms with Gasteiger partial charge in [-0.05, 0) is 6.07 Å². The molecule has 0 fully saturated rings. The van der Waals surface area contributed by atoms with Crippen LogP contribution in [0, 0.1) is 0 Å². The minimum Gasteiger partial charge on any atom is -0.326 e. The normalized spacial score (nSPS) is 13.2. The average molecular weight is 338 g/mol. The number of benzene rings is 1. The average Bonchev–Trinajstić information content (AvgIpc) is 2.75. The summed E-state index contributed by atoms with van der Waals surface area (Å²) >= 11 is 1.17. The van der Waals surface area contributed by atoms with Crippen LogP contribution in [0.1, 0.15) is 4.88 Å². The summed E-state index contributed by atoms with van der Waals surface area (Å²) in [4.78, 5) is 0.225. The molecule has 0 aliphatic carbocycles. The Hall–Kier alpha value is -1.16. The van der Waals surface area contributed by atoms with Gasteiger partial charge in [0.15, 0.2) is 0 Å². The van der Waals surface area contributed by atoms with Crippen molar-refractivity contribution in [1.29, 1.82) is 0 Å². The number of fused-ring (bicyclic) bond motifs is 1. The first-order valence-corrected chi connectivity index (χ1v) is 8.16. The second-order valence-electron chi connectivity index (χ2n) is 4.43. The molecule has 0 radical (unpaired) electrons. The van der Waals surface area contributed by atoms with E-state index in [0.717, 1.165) is 7.05 Å². The molecule has 1 heterocycles. The molecule has 0 bridgehead atoms. The van der Waals surface area contributed by atoms with Crippen molar-refractivity contribution in [3.63, 3.8) is 0 Å². The SMILES string of the molecule is CN(CC(F)(F)F)S(=O)(=O)c1c(CN)sc2ccccc12. The second kappa shape index (κ2) is 5.56. The number of nitrogens with two attached hydrogens (primary N) is 1. The predicted octanol–water partition coefficient (Wildman–Crippen LogP) is 2.54. The van der Waals surface area contributed by atoms with E-state index in [4.69, 9.17) is 5.73 Å². The predicted molar refractivity (Wildman–Crippen MR) is 75.6 cm³/mol. The van der Waals surface area contributed by atoms with E-state index < -0.39 is 22.7 Å². The van der Waals surface area contributed by atoms with Crippen LogP contribution in [0.3, 0.4) is 0 Å². The molecule has 1 aromatic heterocycles. The van der Waals surface area contributed by atoms with Gasteiger partial charge in [0.2, 0.25) is 10.0 Å². The highest BCUT2D eigenvalue weighted by atomic mass is 32.2. The Morgan fingerprint density at radius 1 is 1.29 bits per heavy atom. The maximum atomic E-state index is 12.4. The first-order valence-electron chi connectivity index (χ1n) is 5.90. The van der Waals surface area contributed by atoms with Crippen molar-refractivity contribution in [2.75, 3.05) is 13.6 Å². The Balaban J connectivity index is 2.59. The number of thiophene rings is 1. The van der Waals surface area contributed by atoms with Crippen molar-refractivity contribution in [3.05, 3.63) is 29.1 Å². The molecular formula is C12H13F3N2O2S2. The van der Waals surface area contributed by atoms with E-state index in [0.29, 0.717) is 19.3 Å². The fraction of sp³-hybridized carbons (Fsp3) is 0.333. The highest BCUT2D eigenvalue weighted by Crippen LogP contribution is 2.36. The van der Waals surface area contributed by atoms with Gasteiger partial charge in [-0.3, -0.25) is 0 Å². The molecule has 0 unspecified atom stereocenters. The fourth-order valence-corrected chi connectivity index (χ4v) is 4.92. The molecule has 0 spiro atoms. The van der Waals surface area contributed by atoms with Crippen LogP contribution in [-0.4, -0.2) is 32.5 Å². The minimum atomic E-state index is -4.60. The first-order chi connectivity index (χ1) is 9.66. The topological polar surface area (TPSA) is 63.4 Å². The van der Waals surface area contributed by atoms with Gasteiger partial charge in [0, 0.05) is 28.6 Å². The largest absolute Gasteiger partial charge is 0.402 e. The van der Waals surface area contributed by atoms with Crippen LogP contribution in [0.4, 0.5) is 13.2 Å². The number of alkyl halides is 3. The van der Waals surface area contributed by atoms with Gasteiger partial charge in [0.1, 0.15) is 11.4 Å². The zero-order chi connectivity index (χ0) is 15.8. The fourth-order valence-electron chi connectivity index (χ4n) is 1.98. The van der Waals surface area contributed by atoms with Gasteiger partial charge in [-0.2, -0.15) is 17.5 Å². The van der Waals surface area contributed by atoms with Gasteiger partial charge in [-0.15, -0.1) is 11.3 Å². The third-order valence-corrected chi connectivity index (χ3v) is 6.13. The van der Waals surface area contributed by atoms with Crippen molar-refractivity contribution in [2.45, 2.75) is 17.6 Å². The molecule has 0 saturated heterocycles. The summed E-state index contributed by atoms with van der Waals surface area (Å²) in [5.74, 6) is 0. The molecule has 0 amide bonds. The van der Waals surface area contributed by atoms with Gasteiger partial charge >= 0.3 is 6.18 Å². The van der Waals surface area contributed by atoms with Gasteiger partial charge in [0.05, 0.1) is 0 Å². The monoisotopic (exact) mass is 338 g/mol. The quantitative estimate of drug-likeness (QED) is 0.932. The van der Waals surface area contributed by atoms with Crippen LogP contribution in [0.5, 0.6) is 0 Å². The number of nitrogens with zero attached hydrogens (tertiary/aromatic N) is 1. The summed E-state index contributed by atoms with van der Waals surface area (Å²) < 4.78 is 63.2. The van der Waals surface area contributed by atoms with E-state index in [2.05, 4.69) is 0 Å². The van der Waals surface area contributed by atoms with Crippen molar-refractivity contribution in [3.8, 4) is 0 Å². The zero-order valence-electron chi connectivity index (χ0n) is 11.0. The molecule has 0 saturated carbocycles. The summed E-state index contributed by atoms with van der Waals surface area (Å²) in [7, 11) is -3.34. The summed E-state index contributed by atoms with van der Waals surface area (Å²) in [6, 6.07) is 6.65. The molecule has 116 valence electrons. The Bertz CT molecular complexity index is 753. The number of sulfonamides is 1. The van der Waals surface area contributed by atoms with Crippen LogP contribution in [0.15, 0.2) is 29.2 Å². The van der Waals surface area contributed by atoms with E-state index in [1.165, 1.54) is 11.3 Å². The highest BCUT2D eigenvalue weighted by Gasteiger charge is 2.36. The zero-order valence-corrected chi connectivity index (χ0v) is 12.6. The maximum absolute atomic E-state index is 12.4. The third kappa shape index (κ3) is 3.20. The third-order valence-electron chi connectivity index (χ3n) is 2.87. The second-order valence-corrected chi connectivity index (χ2v) is 7.55. The van der Waals surface area contributed by atoms with Crippen LogP contribution in [0.25, 0.3) is 10.1 Å². The van der Waals surface area contributed by atoms with E-state index in [1.54, 1.807) is 24.3 Å².